The Bertz CT molecular complexity index is 450. The van der Waals surface area contributed by atoms with E-state index >= 15 is 0 Å². The van der Waals surface area contributed by atoms with Crippen LogP contribution in [0.5, 0.6) is 0 Å². The Hall–Kier alpha value is -0.820. The van der Waals surface area contributed by atoms with Gasteiger partial charge < -0.3 is 15.4 Å². The fourth-order valence-electron chi connectivity index (χ4n) is 2.12. The van der Waals surface area contributed by atoms with Gasteiger partial charge in [-0.15, -0.1) is 24.0 Å². The molecule has 0 saturated carbocycles. The van der Waals surface area contributed by atoms with Crippen LogP contribution in [0, 0.1) is 13.8 Å². The molecule has 5 heteroatoms. The van der Waals surface area contributed by atoms with Crippen molar-refractivity contribution in [2.75, 3.05) is 26.8 Å². The number of guanidine groups is 1. The van der Waals surface area contributed by atoms with Gasteiger partial charge in [0.1, 0.15) is 0 Å². The number of rotatable bonds is 8. The summed E-state index contributed by atoms with van der Waals surface area (Å²) in [6.07, 6.45) is 2.17. The Labute approximate surface area is 152 Å². The summed E-state index contributed by atoms with van der Waals surface area (Å²) in [6.45, 7) is 9.64. The number of halogens is 1. The van der Waals surface area contributed by atoms with Gasteiger partial charge in [-0.2, -0.15) is 0 Å². The molecule has 0 saturated heterocycles. The van der Waals surface area contributed by atoms with Gasteiger partial charge in [0, 0.05) is 33.4 Å². The number of unbranched alkanes of at least 4 members (excludes halogenated alkanes) is 1. The third-order valence-electron chi connectivity index (χ3n) is 3.38. The molecular weight excluding hydrogens is 389 g/mol. The van der Waals surface area contributed by atoms with Gasteiger partial charge in [0.05, 0.1) is 0 Å². The van der Waals surface area contributed by atoms with Gasteiger partial charge in [-0.25, -0.2) is 0 Å². The average molecular weight is 419 g/mol. The third kappa shape index (κ3) is 8.58. The van der Waals surface area contributed by atoms with Crippen molar-refractivity contribution in [2.45, 2.75) is 40.2 Å². The van der Waals surface area contributed by atoms with Gasteiger partial charge in [-0.1, -0.05) is 23.8 Å². The van der Waals surface area contributed by atoms with Crippen LogP contribution in [-0.2, 0) is 11.3 Å². The molecule has 0 spiro atoms. The minimum Gasteiger partial charge on any atom is -0.382 e. The van der Waals surface area contributed by atoms with Crippen molar-refractivity contribution in [3.8, 4) is 0 Å². The van der Waals surface area contributed by atoms with E-state index in [4.69, 9.17) is 4.74 Å². The molecule has 0 aliphatic rings. The maximum Gasteiger partial charge on any atom is 0.191 e. The van der Waals surface area contributed by atoms with E-state index in [0.29, 0.717) is 0 Å². The summed E-state index contributed by atoms with van der Waals surface area (Å²) in [5.74, 6) is 0.853. The second-order valence-electron chi connectivity index (χ2n) is 5.19. The summed E-state index contributed by atoms with van der Waals surface area (Å²) in [5, 5.41) is 6.69. The number of hydrogen-bond donors (Lipinski definition) is 2. The number of nitrogens with zero attached hydrogens (tertiary/aromatic N) is 1. The Morgan fingerprint density at radius 2 is 1.95 bits per heavy atom. The molecule has 0 fully saturated rings. The summed E-state index contributed by atoms with van der Waals surface area (Å²) < 4.78 is 5.32. The van der Waals surface area contributed by atoms with Gasteiger partial charge in [-0.3, -0.25) is 4.99 Å². The van der Waals surface area contributed by atoms with Crippen molar-refractivity contribution in [2.24, 2.45) is 4.99 Å². The van der Waals surface area contributed by atoms with Crippen LogP contribution in [-0.4, -0.2) is 32.8 Å². The van der Waals surface area contributed by atoms with E-state index in [-0.39, 0.29) is 24.0 Å². The van der Waals surface area contributed by atoms with Crippen LogP contribution < -0.4 is 10.6 Å². The molecule has 1 rings (SSSR count). The molecule has 22 heavy (non-hydrogen) atoms. The summed E-state index contributed by atoms with van der Waals surface area (Å²) in [4.78, 5) is 4.25. The first-order valence-corrected chi connectivity index (χ1v) is 7.75. The summed E-state index contributed by atoms with van der Waals surface area (Å²) in [6, 6.07) is 6.53. The molecule has 2 N–H and O–H groups in total. The minimum absolute atomic E-state index is 0. The van der Waals surface area contributed by atoms with E-state index in [1.807, 2.05) is 6.92 Å². The highest BCUT2D eigenvalue weighted by Gasteiger charge is 2.01. The van der Waals surface area contributed by atoms with Gasteiger partial charge in [0.2, 0.25) is 0 Å². The lowest BCUT2D eigenvalue weighted by Crippen LogP contribution is -2.37. The SMILES string of the molecule is CCOCCCCNC(=NC)NCc1ccc(C)cc1C.I. The normalized spacial score (nSPS) is 11.0. The lowest BCUT2D eigenvalue weighted by Gasteiger charge is -2.13. The van der Waals surface area contributed by atoms with E-state index in [0.717, 1.165) is 45.1 Å². The van der Waals surface area contributed by atoms with E-state index in [1.54, 1.807) is 7.05 Å². The maximum absolute atomic E-state index is 5.32. The van der Waals surface area contributed by atoms with Crippen LogP contribution in [0.1, 0.15) is 36.5 Å². The fourth-order valence-corrected chi connectivity index (χ4v) is 2.12. The molecule has 0 radical (unpaired) electrons. The summed E-state index contributed by atoms with van der Waals surface area (Å²) >= 11 is 0. The first kappa shape index (κ1) is 21.2. The Morgan fingerprint density at radius 3 is 2.59 bits per heavy atom. The molecule has 1 aromatic carbocycles. The van der Waals surface area contributed by atoms with Crippen LogP contribution >= 0.6 is 24.0 Å². The molecule has 0 heterocycles. The van der Waals surface area contributed by atoms with Crippen molar-refractivity contribution >= 4 is 29.9 Å². The molecular formula is C17H30IN3O. The maximum atomic E-state index is 5.32. The van der Waals surface area contributed by atoms with E-state index in [1.165, 1.54) is 16.7 Å². The van der Waals surface area contributed by atoms with E-state index in [9.17, 15) is 0 Å². The number of benzene rings is 1. The highest BCUT2D eigenvalue weighted by Crippen LogP contribution is 2.09. The lowest BCUT2D eigenvalue weighted by atomic mass is 10.1. The van der Waals surface area contributed by atoms with Crippen LogP contribution in [0.4, 0.5) is 0 Å². The number of aryl methyl sites for hydroxylation is 2. The lowest BCUT2D eigenvalue weighted by molar-refractivity contribution is 0.143. The molecule has 0 unspecified atom stereocenters. The van der Waals surface area contributed by atoms with Gasteiger partial charge >= 0.3 is 0 Å². The second kappa shape index (κ2) is 12.7. The standard InChI is InChI=1S/C17H29N3O.HI/c1-5-21-11-7-6-10-19-17(18-4)20-13-16-9-8-14(2)12-15(16)3;/h8-9,12H,5-7,10-11,13H2,1-4H3,(H2,18,19,20);1H. The molecule has 0 aliphatic heterocycles. The molecule has 0 aromatic heterocycles. The zero-order valence-corrected chi connectivity index (χ0v) is 16.6. The predicted octanol–water partition coefficient (Wildman–Crippen LogP) is 3.40. The molecule has 0 amide bonds. The quantitative estimate of drug-likeness (QED) is 0.294. The molecule has 0 aliphatic carbocycles. The minimum atomic E-state index is 0. The largest absolute Gasteiger partial charge is 0.382 e. The van der Waals surface area contributed by atoms with Gasteiger partial charge in [0.25, 0.3) is 0 Å². The van der Waals surface area contributed by atoms with Crippen LogP contribution in [0.15, 0.2) is 23.2 Å². The molecule has 1 aromatic rings. The fraction of sp³-hybridized carbons (Fsp3) is 0.588. The monoisotopic (exact) mass is 419 g/mol. The van der Waals surface area contributed by atoms with Crippen LogP contribution in [0.2, 0.25) is 0 Å². The van der Waals surface area contributed by atoms with Crippen molar-refractivity contribution < 1.29 is 4.74 Å². The van der Waals surface area contributed by atoms with Gasteiger partial charge in [0.15, 0.2) is 5.96 Å². The zero-order chi connectivity index (χ0) is 15.5. The molecule has 4 nitrogen and oxygen atoms in total. The van der Waals surface area contributed by atoms with Crippen LogP contribution in [0.25, 0.3) is 0 Å². The molecule has 0 atom stereocenters. The Kier molecular flexibility index (Phi) is 12.2. The van der Waals surface area contributed by atoms with E-state index < -0.39 is 0 Å². The van der Waals surface area contributed by atoms with Crippen molar-refractivity contribution in [3.05, 3.63) is 34.9 Å². The third-order valence-corrected chi connectivity index (χ3v) is 3.38. The topological polar surface area (TPSA) is 45.6 Å². The van der Waals surface area contributed by atoms with Gasteiger partial charge in [-0.05, 0) is 44.7 Å². The average Bonchev–Trinajstić information content (AvgIpc) is 2.47. The van der Waals surface area contributed by atoms with Crippen molar-refractivity contribution in [3.63, 3.8) is 0 Å². The number of hydrogen-bond acceptors (Lipinski definition) is 2. The first-order chi connectivity index (χ1) is 10.2. The molecule has 0 bridgehead atoms. The zero-order valence-electron chi connectivity index (χ0n) is 14.2. The van der Waals surface area contributed by atoms with E-state index in [2.05, 4.69) is 47.7 Å². The highest BCUT2D eigenvalue weighted by molar-refractivity contribution is 14.0. The summed E-state index contributed by atoms with van der Waals surface area (Å²) in [5.41, 5.74) is 3.92. The van der Waals surface area contributed by atoms with Crippen LogP contribution in [0.3, 0.4) is 0 Å². The second-order valence-corrected chi connectivity index (χ2v) is 5.19. The number of ether oxygens (including phenoxy) is 1. The molecule has 126 valence electrons. The smallest absolute Gasteiger partial charge is 0.191 e. The van der Waals surface area contributed by atoms with Crippen molar-refractivity contribution in [1.29, 1.82) is 0 Å². The van der Waals surface area contributed by atoms with Crippen molar-refractivity contribution in [1.82, 2.24) is 10.6 Å². The Morgan fingerprint density at radius 1 is 1.18 bits per heavy atom. The summed E-state index contributed by atoms with van der Waals surface area (Å²) in [7, 11) is 1.80. The Balaban J connectivity index is 0.00000441. The predicted molar refractivity (Wildman–Crippen MR) is 105 cm³/mol. The number of aliphatic imine (C=N–C) groups is 1. The number of nitrogens with one attached hydrogen (secondary N) is 2. The first-order valence-electron chi connectivity index (χ1n) is 7.75. The highest BCUT2D eigenvalue weighted by atomic mass is 127.